The first-order valence-electron chi connectivity index (χ1n) is 6.03. The van der Waals surface area contributed by atoms with E-state index >= 15 is 0 Å². The molecule has 0 atom stereocenters. The zero-order valence-corrected chi connectivity index (χ0v) is 10.5. The van der Waals surface area contributed by atoms with Gasteiger partial charge in [-0.05, 0) is 42.0 Å². The number of anilines is 1. The molecule has 0 saturated carbocycles. The van der Waals surface area contributed by atoms with Crippen LogP contribution in [0.25, 0.3) is 22.4 Å². The van der Waals surface area contributed by atoms with Crippen molar-refractivity contribution in [1.29, 1.82) is 0 Å². The molecule has 0 radical (unpaired) electrons. The zero-order chi connectivity index (χ0) is 13.9. The predicted octanol–water partition coefficient (Wildman–Crippen LogP) is 2.93. The molecule has 20 heavy (non-hydrogen) atoms. The fourth-order valence-corrected chi connectivity index (χ4v) is 1.97. The molecule has 0 spiro atoms. The lowest BCUT2D eigenvalue weighted by molar-refractivity contribution is 0.628. The second-order valence-corrected chi connectivity index (χ2v) is 4.23. The Labute approximate surface area is 115 Å². The van der Waals surface area contributed by atoms with Gasteiger partial charge in [0.2, 0.25) is 5.95 Å². The quantitative estimate of drug-likeness (QED) is 0.774. The third kappa shape index (κ3) is 2.33. The molecule has 0 saturated heterocycles. The largest absolute Gasteiger partial charge is 0.368 e. The van der Waals surface area contributed by atoms with Crippen LogP contribution in [0.15, 0.2) is 55.0 Å². The summed E-state index contributed by atoms with van der Waals surface area (Å²) in [4.78, 5) is 12.3. The number of nitrogen functional groups attached to an aromatic ring is 1. The first-order valence-corrected chi connectivity index (χ1v) is 6.03. The number of nitrogens with zero attached hydrogens (tertiary/aromatic N) is 3. The van der Waals surface area contributed by atoms with Crippen LogP contribution in [0.3, 0.4) is 0 Å². The molecule has 3 rings (SSSR count). The van der Waals surface area contributed by atoms with Gasteiger partial charge in [-0.2, -0.15) is 0 Å². The molecule has 0 aliphatic carbocycles. The SMILES string of the molecule is Nc1ncc(-c2ccncc2)c(-c2ccc(F)cc2)n1. The topological polar surface area (TPSA) is 64.7 Å². The highest BCUT2D eigenvalue weighted by molar-refractivity contribution is 5.80. The molecule has 0 aliphatic heterocycles. The molecule has 0 aliphatic rings. The Hall–Kier alpha value is -2.82. The van der Waals surface area contributed by atoms with Crippen molar-refractivity contribution in [2.24, 2.45) is 0 Å². The molecule has 98 valence electrons. The van der Waals surface area contributed by atoms with Gasteiger partial charge in [0, 0.05) is 29.7 Å². The van der Waals surface area contributed by atoms with E-state index in [1.165, 1.54) is 12.1 Å². The smallest absolute Gasteiger partial charge is 0.220 e. The number of hydrogen-bond acceptors (Lipinski definition) is 4. The van der Waals surface area contributed by atoms with Gasteiger partial charge in [0.1, 0.15) is 5.82 Å². The monoisotopic (exact) mass is 266 g/mol. The molecule has 2 aromatic heterocycles. The summed E-state index contributed by atoms with van der Waals surface area (Å²) in [6, 6.07) is 9.85. The Balaban J connectivity index is 2.19. The number of halogens is 1. The molecular formula is C15H11FN4. The molecule has 2 N–H and O–H groups in total. The first kappa shape index (κ1) is 12.2. The average molecular weight is 266 g/mol. The standard InChI is InChI=1S/C15H11FN4/c16-12-3-1-11(2-4-12)14-13(9-19-15(17)20-14)10-5-7-18-8-6-10/h1-9H,(H2,17,19,20). The highest BCUT2D eigenvalue weighted by atomic mass is 19.1. The maximum absolute atomic E-state index is 13.0. The van der Waals surface area contributed by atoms with Crippen molar-refractivity contribution < 1.29 is 4.39 Å². The molecule has 0 fully saturated rings. The Morgan fingerprint density at radius 3 is 2.30 bits per heavy atom. The highest BCUT2D eigenvalue weighted by Crippen LogP contribution is 2.30. The van der Waals surface area contributed by atoms with Crippen LogP contribution >= 0.6 is 0 Å². The van der Waals surface area contributed by atoms with Crippen molar-refractivity contribution in [3.05, 3.63) is 60.8 Å². The van der Waals surface area contributed by atoms with E-state index in [9.17, 15) is 4.39 Å². The summed E-state index contributed by atoms with van der Waals surface area (Å²) in [5.74, 6) is -0.108. The van der Waals surface area contributed by atoms with Crippen LogP contribution in [0.5, 0.6) is 0 Å². The van der Waals surface area contributed by atoms with E-state index in [1.54, 1.807) is 30.7 Å². The summed E-state index contributed by atoms with van der Waals surface area (Å²) in [6.45, 7) is 0. The minimum Gasteiger partial charge on any atom is -0.368 e. The Bertz CT molecular complexity index is 727. The van der Waals surface area contributed by atoms with Crippen LogP contribution in [0, 0.1) is 5.82 Å². The third-order valence-corrected chi connectivity index (χ3v) is 2.92. The molecular weight excluding hydrogens is 255 g/mol. The van der Waals surface area contributed by atoms with Crippen molar-refractivity contribution in [3.8, 4) is 22.4 Å². The number of aromatic nitrogens is 3. The maximum atomic E-state index is 13.0. The van der Waals surface area contributed by atoms with E-state index in [4.69, 9.17) is 5.73 Å². The minimum atomic E-state index is -0.291. The van der Waals surface area contributed by atoms with E-state index in [2.05, 4.69) is 15.0 Å². The van der Waals surface area contributed by atoms with Crippen molar-refractivity contribution >= 4 is 5.95 Å². The molecule has 0 amide bonds. The second-order valence-electron chi connectivity index (χ2n) is 4.23. The van der Waals surface area contributed by atoms with Crippen molar-refractivity contribution in [2.75, 3.05) is 5.73 Å². The first-order chi connectivity index (χ1) is 9.74. The molecule has 5 heteroatoms. The highest BCUT2D eigenvalue weighted by Gasteiger charge is 2.10. The molecule has 3 aromatic rings. The van der Waals surface area contributed by atoms with Gasteiger partial charge in [-0.1, -0.05) is 0 Å². The fourth-order valence-electron chi connectivity index (χ4n) is 1.97. The van der Waals surface area contributed by atoms with Gasteiger partial charge in [-0.25, -0.2) is 14.4 Å². The lowest BCUT2D eigenvalue weighted by Crippen LogP contribution is -1.98. The summed E-state index contributed by atoms with van der Waals surface area (Å²) >= 11 is 0. The van der Waals surface area contributed by atoms with Crippen molar-refractivity contribution in [1.82, 2.24) is 15.0 Å². The van der Waals surface area contributed by atoms with Crippen molar-refractivity contribution in [3.63, 3.8) is 0 Å². The van der Waals surface area contributed by atoms with Gasteiger partial charge in [0.05, 0.1) is 5.69 Å². The molecule has 1 aromatic carbocycles. The van der Waals surface area contributed by atoms with Crippen LogP contribution in [0.1, 0.15) is 0 Å². The summed E-state index contributed by atoms with van der Waals surface area (Å²) in [5.41, 5.74) is 8.88. The number of nitrogens with two attached hydrogens (primary N) is 1. The lowest BCUT2D eigenvalue weighted by atomic mass is 10.0. The van der Waals surface area contributed by atoms with Crippen LogP contribution < -0.4 is 5.73 Å². The Morgan fingerprint density at radius 2 is 1.60 bits per heavy atom. The predicted molar refractivity (Wildman–Crippen MR) is 75.1 cm³/mol. The second kappa shape index (κ2) is 5.05. The summed E-state index contributed by atoms with van der Waals surface area (Å²) < 4.78 is 13.0. The van der Waals surface area contributed by atoms with Gasteiger partial charge < -0.3 is 5.73 Å². The number of benzene rings is 1. The number of hydrogen-bond donors (Lipinski definition) is 1. The molecule has 2 heterocycles. The number of rotatable bonds is 2. The summed E-state index contributed by atoms with van der Waals surface area (Å²) in [7, 11) is 0. The normalized spacial score (nSPS) is 10.4. The van der Waals surface area contributed by atoms with E-state index < -0.39 is 0 Å². The van der Waals surface area contributed by atoms with Crippen molar-refractivity contribution in [2.45, 2.75) is 0 Å². The molecule has 4 nitrogen and oxygen atoms in total. The van der Waals surface area contributed by atoms with Gasteiger partial charge >= 0.3 is 0 Å². The van der Waals surface area contributed by atoms with Crippen LogP contribution in [0.4, 0.5) is 10.3 Å². The fraction of sp³-hybridized carbons (Fsp3) is 0. The maximum Gasteiger partial charge on any atom is 0.220 e. The van der Waals surface area contributed by atoms with E-state index in [-0.39, 0.29) is 11.8 Å². The van der Waals surface area contributed by atoms with Gasteiger partial charge in [-0.15, -0.1) is 0 Å². The average Bonchev–Trinajstić information content (AvgIpc) is 2.49. The molecule has 0 unspecified atom stereocenters. The summed E-state index contributed by atoms with van der Waals surface area (Å²) in [5, 5.41) is 0. The van der Waals surface area contributed by atoms with E-state index in [0.717, 1.165) is 16.7 Å². The number of pyridine rings is 1. The lowest BCUT2D eigenvalue weighted by Gasteiger charge is -2.09. The van der Waals surface area contributed by atoms with Crippen LogP contribution in [0.2, 0.25) is 0 Å². The van der Waals surface area contributed by atoms with E-state index in [0.29, 0.717) is 5.69 Å². The molecule has 0 bridgehead atoms. The van der Waals surface area contributed by atoms with Gasteiger partial charge in [0.15, 0.2) is 0 Å². The van der Waals surface area contributed by atoms with Crippen LogP contribution in [-0.2, 0) is 0 Å². The van der Waals surface area contributed by atoms with E-state index in [1.807, 2.05) is 12.1 Å². The van der Waals surface area contributed by atoms with Crippen LogP contribution in [-0.4, -0.2) is 15.0 Å². The summed E-state index contributed by atoms with van der Waals surface area (Å²) in [6.07, 6.45) is 5.05. The third-order valence-electron chi connectivity index (χ3n) is 2.92. The van der Waals surface area contributed by atoms with Gasteiger partial charge in [0.25, 0.3) is 0 Å². The minimum absolute atomic E-state index is 0.183. The Morgan fingerprint density at radius 1 is 0.900 bits per heavy atom. The zero-order valence-electron chi connectivity index (χ0n) is 10.5. The van der Waals surface area contributed by atoms with Gasteiger partial charge in [-0.3, -0.25) is 4.98 Å². The Kier molecular flexibility index (Phi) is 3.09.